The molecule has 0 spiro atoms. The molecule has 0 aromatic heterocycles. The molecule has 158 valence electrons. The molecular formula is C25H31N3O2. The molecule has 0 N–H and O–H groups in total. The van der Waals surface area contributed by atoms with E-state index in [4.69, 9.17) is 4.74 Å². The van der Waals surface area contributed by atoms with Gasteiger partial charge in [0.15, 0.2) is 0 Å². The zero-order valence-electron chi connectivity index (χ0n) is 17.8. The first-order chi connectivity index (χ1) is 14.7. The van der Waals surface area contributed by atoms with Gasteiger partial charge in [0, 0.05) is 56.2 Å². The first-order valence-electron chi connectivity index (χ1n) is 11.2. The number of para-hydroxylation sites is 1. The SMILES string of the molecule is CN1CCN(c2ccccc2CC2CCCN(c3ccc4c(c3)C(=O)OC4)C2)CC1. The van der Waals surface area contributed by atoms with Crippen LogP contribution >= 0.6 is 0 Å². The fourth-order valence-electron chi connectivity index (χ4n) is 5.11. The van der Waals surface area contributed by atoms with E-state index in [9.17, 15) is 4.79 Å². The molecule has 1 atom stereocenters. The number of carbonyl (C=O) groups is 1. The summed E-state index contributed by atoms with van der Waals surface area (Å²) in [7, 11) is 2.21. The van der Waals surface area contributed by atoms with Crippen LogP contribution in [-0.4, -0.2) is 57.2 Å². The molecule has 3 heterocycles. The summed E-state index contributed by atoms with van der Waals surface area (Å²) in [4.78, 5) is 19.4. The molecule has 30 heavy (non-hydrogen) atoms. The van der Waals surface area contributed by atoms with Gasteiger partial charge in [-0.3, -0.25) is 0 Å². The molecule has 5 heteroatoms. The number of fused-ring (bicyclic) bond motifs is 1. The van der Waals surface area contributed by atoms with Crippen molar-refractivity contribution in [2.75, 3.05) is 56.1 Å². The fourth-order valence-corrected chi connectivity index (χ4v) is 5.11. The highest BCUT2D eigenvalue weighted by molar-refractivity contribution is 5.94. The Labute approximate surface area is 179 Å². The zero-order valence-corrected chi connectivity index (χ0v) is 17.8. The third-order valence-corrected chi connectivity index (χ3v) is 6.90. The smallest absolute Gasteiger partial charge is 0.338 e. The summed E-state index contributed by atoms with van der Waals surface area (Å²) in [5, 5.41) is 0. The van der Waals surface area contributed by atoms with Gasteiger partial charge in [-0.2, -0.15) is 0 Å². The monoisotopic (exact) mass is 405 g/mol. The van der Waals surface area contributed by atoms with E-state index in [0.29, 0.717) is 12.5 Å². The Bertz CT molecular complexity index is 920. The number of piperazine rings is 1. The number of cyclic esters (lactones) is 1. The number of nitrogens with zero attached hydrogens (tertiary/aromatic N) is 3. The fraction of sp³-hybridized carbons (Fsp3) is 0.480. The number of carbonyl (C=O) groups excluding carboxylic acids is 1. The van der Waals surface area contributed by atoms with Gasteiger partial charge in [-0.15, -0.1) is 0 Å². The van der Waals surface area contributed by atoms with E-state index >= 15 is 0 Å². The molecule has 1 unspecified atom stereocenters. The normalized spacial score (nSPS) is 22.2. The van der Waals surface area contributed by atoms with E-state index in [1.807, 2.05) is 6.07 Å². The quantitative estimate of drug-likeness (QED) is 0.727. The van der Waals surface area contributed by atoms with Gasteiger partial charge >= 0.3 is 5.97 Å². The highest BCUT2D eigenvalue weighted by Crippen LogP contribution is 2.31. The van der Waals surface area contributed by atoms with Crippen molar-refractivity contribution in [3.05, 3.63) is 59.2 Å². The lowest BCUT2D eigenvalue weighted by molar-refractivity contribution is 0.0535. The Morgan fingerprint density at radius 3 is 2.70 bits per heavy atom. The first kappa shape index (κ1) is 19.4. The van der Waals surface area contributed by atoms with Crippen molar-refractivity contribution in [1.29, 1.82) is 0 Å². The minimum atomic E-state index is -0.179. The number of esters is 1. The lowest BCUT2D eigenvalue weighted by Crippen LogP contribution is -2.45. The van der Waals surface area contributed by atoms with Crippen molar-refractivity contribution in [3.8, 4) is 0 Å². The van der Waals surface area contributed by atoms with Crippen LogP contribution in [0.15, 0.2) is 42.5 Å². The highest BCUT2D eigenvalue weighted by atomic mass is 16.5. The zero-order chi connectivity index (χ0) is 20.5. The van der Waals surface area contributed by atoms with Gasteiger partial charge in [0.05, 0.1) is 5.56 Å². The van der Waals surface area contributed by atoms with Crippen LogP contribution in [0.4, 0.5) is 11.4 Å². The molecule has 5 nitrogen and oxygen atoms in total. The number of likely N-dealkylation sites (N-methyl/N-ethyl adjacent to an activating group) is 1. The minimum Gasteiger partial charge on any atom is -0.457 e. The van der Waals surface area contributed by atoms with E-state index in [2.05, 4.69) is 58.1 Å². The number of hydrogen-bond acceptors (Lipinski definition) is 5. The third kappa shape index (κ3) is 3.91. The molecule has 0 saturated carbocycles. The van der Waals surface area contributed by atoms with Crippen LogP contribution in [0.3, 0.4) is 0 Å². The summed E-state index contributed by atoms with van der Waals surface area (Å²) in [6, 6.07) is 15.2. The predicted molar refractivity (Wildman–Crippen MR) is 120 cm³/mol. The van der Waals surface area contributed by atoms with Crippen molar-refractivity contribution in [1.82, 2.24) is 4.90 Å². The van der Waals surface area contributed by atoms with E-state index < -0.39 is 0 Å². The van der Waals surface area contributed by atoms with E-state index in [1.165, 1.54) is 24.1 Å². The molecule has 2 saturated heterocycles. The van der Waals surface area contributed by atoms with Crippen molar-refractivity contribution < 1.29 is 9.53 Å². The van der Waals surface area contributed by atoms with Gasteiger partial charge in [0.2, 0.25) is 0 Å². The van der Waals surface area contributed by atoms with Gasteiger partial charge in [-0.1, -0.05) is 24.3 Å². The van der Waals surface area contributed by atoms with Crippen molar-refractivity contribution in [3.63, 3.8) is 0 Å². The average Bonchev–Trinajstić information content (AvgIpc) is 3.15. The maximum Gasteiger partial charge on any atom is 0.338 e. The van der Waals surface area contributed by atoms with Crippen LogP contribution in [0.5, 0.6) is 0 Å². The summed E-state index contributed by atoms with van der Waals surface area (Å²) >= 11 is 0. The molecule has 0 radical (unpaired) electrons. The molecule has 0 amide bonds. The summed E-state index contributed by atoms with van der Waals surface area (Å²) < 4.78 is 5.18. The number of anilines is 2. The lowest BCUT2D eigenvalue weighted by Gasteiger charge is -2.37. The van der Waals surface area contributed by atoms with Crippen LogP contribution in [0.2, 0.25) is 0 Å². The number of piperidine rings is 1. The van der Waals surface area contributed by atoms with Gasteiger partial charge in [-0.05, 0) is 56.0 Å². The largest absolute Gasteiger partial charge is 0.457 e. The number of benzene rings is 2. The van der Waals surface area contributed by atoms with Crippen molar-refractivity contribution in [2.45, 2.75) is 25.9 Å². The average molecular weight is 406 g/mol. The van der Waals surface area contributed by atoms with Crippen LogP contribution in [0.25, 0.3) is 0 Å². The molecular weight excluding hydrogens is 374 g/mol. The van der Waals surface area contributed by atoms with Crippen molar-refractivity contribution >= 4 is 17.3 Å². The molecule has 5 rings (SSSR count). The minimum absolute atomic E-state index is 0.179. The molecule has 0 aliphatic carbocycles. The predicted octanol–water partition coefficient (Wildman–Crippen LogP) is 3.57. The Morgan fingerprint density at radius 2 is 1.83 bits per heavy atom. The maximum absolute atomic E-state index is 12.0. The Morgan fingerprint density at radius 1 is 1.00 bits per heavy atom. The molecule has 2 aromatic rings. The Hall–Kier alpha value is -2.53. The summed E-state index contributed by atoms with van der Waals surface area (Å²) in [5.41, 5.74) is 5.81. The van der Waals surface area contributed by atoms with E-state index in [0.717, 1.165) is 62.5 Å². The Balaban J connectivity index is 1.30. The second-order valence-electron chi connectivity index (χ2n) is 9.00. The molecule has 3 aliphatic rings. The summed E-state index contributed by atoms with van der Waals surface area (Å²) in [5.74, 6) is 0.453. The van der Waals surface area contributed by atoms with Crippen LogP contribution in [0, 0.1) is 5.92 Å². The topological polar surface area (TPSA) is 36.0 Å². The summed E-state index contributed by atoms with van der Waals surface area (Å²) in [6.45, 7) is 7.00. The maximum atomic E-state index is 12.0. The van der Waals surface area contributed by atoms with Crippen LogP contribution in [0.1, 0.15) is 34.3 Å². The van der Waals surface area contributed by atoms with E-state index in [1.54, 1.807) is 0 Å². The Kier molecular flexibility index (Phi) is 5.38. The second-order valence-corrected chi connectivity index (χ2v) is 9.00. The van der Waals surface area contributed by atoms with Crippen LogP contribution < -0.4 is 9.80 Å². The highest BCUT2D eigenvalue weighted by Gasteiger charge is 2.26. The third-order valence-electron chi connectivity index (χ3n) is 6.90. The standard InChI is InChI=1S/C25H31N3O2/c1-26-11-13-27(14-12-26)24-7-3-2-6-20(24)15-19-5-4-10-28(17-19)22-9-8-21-18-30-25(29)23(21)16-22/h2-3,6-9,16,19H,4-5,10-15,17-18H2,1H3. The lowest BCUT2D eigenvalue weighted by atomic mass is 9.90. The number of hydrogen-bond donors (Lipinski definition) is 0. The number of ether oxygens (including phenoxy) is 1. The van der Waals surface area contributed by atoms with Crippen LogP contribution in [-0.2, 0) is 17.8 Å². The molecule has 3 aliphatic heterocycles. The van der Waals surface area contributed by atoms with Gasteiger partial charge < -0.3 is 19.4 Å². The van der Waals surface area contributed by atoms with Gasteiger partial charge in [-0.25, -0.2) is 4.79 Å². The molecule has 0 bridgehead atoms. The summed E-state index contributed by atoms with van der Waals surface area (Å²) in [6.07, 6.45) is 3.58. The second kappa shape index (κ2) is 8.31. The molecule has 2 fully saturated rings. The van der Waals surface area contributed by atoms with Crippen molar-refractivity contribution in [2.24, 2.45) is 5.92 Å². The van der Waals surface area contributed by atoms with Gasteiger partial charge in [0.1, 0.15) is 6.61 Å². The molecule has 2 aromatic carbocycles. The van der Waals surface area contributed by atoms with E-state index in [-0.39, 0.29) is 5.97 Å². The first-order valence-corrected chi connectivity index (χ1v) is 11.2. The number of rotatable bonds is 4. The van der Waals surface area contributed by atoms with Gasteiger partial charge in [0.25, 0.3) is 0 Å².